The van der Waals surface area contributed by atoms with E-state index in [1.807, 2.05) is 0 Å². The predicted octanol–water partition coefficient (Wildman–Crippen LogP) is 3.36. The van der Waals surface area contributed by atoms with E-state index in [9.17, 15) is 4.79 Å². The van der Waals surface area contributed by atoms with Crippen molar-refractivity contribution in [2.75, 3.05) is 13.1 Å². The molecule has 0 aromatic rings. The highest BCUT2D eigenvalue weighted by molar-refractivity contribution is 5.86. The molecule has 0 saturated carbocycles. The lowest BCUT2D eigenvalue weighted by Crippen LogP contribution is -2.21. The second kappa shape index (κ2) is 11.6. The van der Waals surface area contributed by atoms with Gasteiger partial charge in [0.25, 0.3) is 0 Å². The van der Waals surface area contributed by atoms with Gasteiger partial charge in [-0.25, -0.2) is 4.79 Å². The second-order valence-corrected chi connectivity index (χ2v) is 4.56. The average Bonchev–Trinajstić information content (AvgIpc) is 2.31. The van der Waals surface area contributed by atoms with Crippen LogP contribution in [-0.2, 0) is 4.79 Å². The summed E-state index contributed by atoms with van der Waals surface area (Å²) < 4.78 is 0. The van der Waals surface area contributed by atoms with Crippen LogP contribution in [0.25, 0.3) is 0 Å². The van der Waals surface area contributed by atoms with Crippen molar-refractivity contribution < 1.29 is 9.90 Å². The van der Waals surface area contributed by atoms with E-state index in [0.717, 1.165) is 13.0 Å². The molecule has 17 heavy (non-hydrogen) atoms. The van der Waals surface area contributed by atoms with E-state index in [0.29, 0.717) is 6.54 Å². The summed E-state index contributed by atoms with van der Waals surface area (Å²) in [6.45, 7) is 6.99. The first-order valence-electron chi connectivity index (χ1n) is 6.80. The van der Waals surface area contributed by atoms with Crippen molar-refractivity contribution in [2.45, 2.75) is 58.3 Å². The Morgan fingerprint density at radius 3 is 2.12 bits per heavy atom. The van der Waals surface area contributed by atoms with Crippen molar-refractivity contribution in [3.63, 3.8) is 0 Å². The summed E-state index contributed by atoms with van der Waals surface area (Å²) in [5.74, 6) is -0.909. The molecule has 0 fully saturated rings. The Kier molecular flexibility index (Phi) is 11.1. The molecule has 0 atom stereocenters. The maximum atomic E-state index is 10.5. The van der Waals surface area contributed by atoms with Gasteiger partial charge in [-0.1, -0.05) is 58.4 Å². The summed E-state index contributed by atoms with van der Waals surface area (Å²) in [6, 6.07) is 0. The van der Waals surface area contributed by atoms with E-state index in [4.69, 9.17) is 5.11 Å². The number of hydrogen-bond donors (Lipinski definition) is 2. The van der Waals surface area contributed by atoms with Crippen LogP contribution in [0.1, 0.15) is 58.3 Å². The first-order valence-corrected chi connectivity index (χ1v) is 6.80. The fraction of sp³-hybridized carbons (Fsp3) is 0.786. The van der Waals surface area contributed by atoms with Crippen LogP contribution in [0.2, 0.25) is 0 Å². The Balaban J connectivity index is 3.08. The molecule has 0 heterocycles. The molecule has 0 radical (unpaired) electrons. The third-order valence-corrected chi connectivity index (χ3v) is 2.85. The number of nitrogens with one attached hydrogen (secondary N) is 1. The largest absolute Gasteiger partial charge is 0.478 e. The monoisotopic (exact) mass is 241 g/mol. The first kappa shape index (κ1) is 16.2. The average molecular weight is 241 g/mol. The minimum Gasteiger partial charge on any atom is -0.478 e. The zero-order valence-electron chi connectivity index (χ0n) is 11.1. The van der Waals surface area contributed by atoms with Gasteiger partial charge in [-0.3, -0.25) is 0 Å². The normalized spacial score (nSPS) is 10.4. The molecule has 0 aromatic carbocycles. The van der Waals surface area contributed by atoms with Crippen LogP contribution in [0.3, 0.4) is 0 Å². The summed E-state index contributed by atoms with van der Waals surface area (Å²) in [4.78, 5) is 10.5. The SMILES string of the molecule is C=C(CNCCCCCCCCCC)C(=O)O. The van der Waals surface area contributed by atoms with Crippen LogP contribution in [-0.4, -0.2) is 24.2 Å². The molecule has 0 aliphatic carbocycles. The van der Waals surface area contributed by atoms with E-state index in [-0.39, 0.29) is 5.57 Å². The molecule has 0 rings (SSSR count). The Bertz CT molecular complexity index is 214. The zero-order chi connectivity index (χ0) is 12.9. The van der Waals surface area contributed by atoms with Crippen LogP contribution >= 0.6 is 0 Å². The van der Waals surface area contributed by atoms with Crippen molar-refractivity contribution in [3.8, 4) is 0 Å². The van der Waals surface area contributed by atoms with Crippen LogP contribution < -0.4 is 5.32 Å². The lowest BCUT2D eigenvalue weighted by molar-refractivity contribution is -0.132. The van der Waals surface area contributed by atoms with Gasteiger partial charge >= 0.3 is 5.97 Å². The molecule has 0 aromatic heterocycles. The van der Waals surface area contributed by atoms with E-state index in [1.54, 1.807) is 0 Å². The Hall–Kier alpha value is -0.830. The van der Waals surface area contributed by atoms with Crippen LogP contribution in [0, 0.1) is 0 Å². The molecule has 0 bridgehead atoms. The molecule has 3 heteroatoms. The molecule has 0 aliphatic heterocycles. The van der Waals surface area contributed by atoms with Gasteiger partial charge in [0.1, 0.15) is 0 Å². The molecule has 0 aliphatic rings. The van der Waals surface area contributed by atoms with Gasteiger partial charge < -0.3 is 10.4 Å². The molecule has 3 nitrogen and oxygen atoms in total. The number of carboxylic acids is 1. The Morgan fingerprint density at radius 1 is 1.06 bits per heavy atom. The number of carbonyl (C=O) groups is 1. The van der Waals surface area contributed by atoms with Gasteiger partial charge in [-0.05, 0) is 13.0 Å². The fourth-order valence-electron chi connectivity index (χ4n) is 1.70. The van der Waals surface area contributed by atoms with Gasteiger partial charge in [0.05, 0.1) is 0 Å². The zero-order valence-corrected chi connectivity index (χ0v) is 11.1. The molecule has 0 spiro atoms. The van der Waals surface area contributed by atoms with Gasteiger partial charge in [-0.2, -0.15) is 0 Å². The van der Waals surface area contributed by atoms with Crippen molar-refractivity contribution >= 4 is 5.97 Å². The highest BCUT2D eigenvalue weighted by Gasteiger charge is 2.01. The third-order valence-electron chi connectivity index (χ3n) is 2.85. The maximum absolute atomic E-state index is 10.5. The number of hydrogen-bond acceptors (Lipinski definition) is 2. The minimum absolute atomic E-state index is 0.240. The minimum atomic E-state index is -0.909. The second-order valence-electron chi connectivity index (χ2n) is 4.56. The van der Waals surface area contributed by atoms with Crippen molar-refractivity contribution in [3.05, 3.63) is 12.2 Å². The van der Waals surface area contributed by atoms with E-state index >= 15 is 0 Å². The van der Waals surface area contributed by atoms with Crippen LogP contribution in [0.4, 0.5) is 0 Å². The summed E-state index contributed by atoms with van der Waals surface area (Å²) >= 11 is 0. The Morgan fingerprint density at radius 2 is 1.59 bits per heavy atom. The summed E-state index contributed by atoms with van der Waals surface area (Å²) in [5.41, 5.74) is 0.240. The van der Waals surface area contributed by atoms with Gasteiger partial charge in [0, 0.05) is 12.1 Å². The number of aliphatic carboxylic acids is 1. The summed E-state index contributed by atoms with van der Waals surface area (Å²) in [5, 5.41) is 11.7. The lowest BCUT2D eigenvalue weighted by Gasteiger charge is -2.04. The van der Waals surface area contributed by atoms with Gasteiger partial charge in [0.2, 0.25) is 0 Å². The van der Waals surface area contributed by atoms with E-state index < -0.39 is 5.97 Å². The molecule has 0 saturated heterocycles. The topological polar surface area (TPSA) is 49.3 Å². The van der Waals surface area contributed by atoms with Crippen molar-refractivity contribution in [2.24, 2.45) is 0 Å². The molecular formula is C14H27NO2. The van der Waals surface area contributed by atoms with E-state index in [1.165, 1.54) is 44.9 Å². The van der Waals surface area contributed by atoms with Crippen LogP contribution in [0.15, 0.2) is 12.2 Å². The van der Waals surface area contributed by atoms with Crippen LogP contribution in [0.5, 0.6) is 0 Å². The fourth-order valence-corrected chi connectivity index (χ4v) is 1.70. The predicted molar refractivity (Wildman–Crippen MR) is 72.3 cm³/mol. The number of unbranched alkanes of at least 4 members (excludes halogenated alkanes) is 7. The van der Waals surface area contributed by atoms with Gasteiger partial charge in [0.15, 0.2) is 0 Å². The highest BCUT2D eigenvalue weighted by atomic mass is 16.4. The number of carboxylic acid groups (broad SMARTS) is 1. The van der Waals surface area contributed by atoms with Crippen molar-refractivity contribution in [1.29, 1.82) is 0 Å². The highest BCUT2D eigenvalue weighted by Crippen LogP contribution is 2.07. The van der Waals surface area contributed by atoms with E-state index in [2.05, 4.69) is 18.8 Å². The molecule has 0 amide bonds. The standard InChI is InChI=1S/C14H27NO2/c1-3-4-5-6-7-8-9-10-11-15-12-13(2)14(16)17/h15H,2-12H2,1H3,(H,16,17). The first-order chi connectivity index (χ1) is 8.18. The molecular weight excluding hydrogens is 214 g/mol. The van der Waals surface area contributed by atoms with Crippen molar-refractivity contribution in [1.82, 2.24) is 5.32 Å². The number of rotatable bonds is 12. The molecule has 0 unspecified atom stereocenters. The van der Waals surface area contributed by atoms with Gasteiger partial charge in [-0.15, -0.1) is 0 Å². The smallest absolute Gasteiger partial charge is 0.332 e. The molecule has 100 valence electrons. The summed E-state index contributed by atoms with van der Waals surface area (Å²) in [7, 11) is 0. The lowest BCUT2D eigenvalue weighted by atomic mass is 10.1. The quantitative estimate of drug-likeness (QED) is 0.407. The molecule has 2 N–H and O–H groups in total. The summed E-state index contributed by atoms with van der Waals surface area (Å²) in [6.07, 6.45) is 10.4. The maximum Gasteiger partial charge on any atom is 0.332 e. The Labute approximate surface area is 105 Å². The third kappa shape index (κ3) is 11.4.